The summed E-state index contributed by atoms with van der Waals surface area (Å²) in [6.45, 7) is 0.415. The minimum absolute atomic E-state index is 0.415. The van der Waals surface area contributed by atoms with Gasteiger partial charge in [-0.2, -0.15) is 18.3 Å². The van der Waals surface area contributed by atoms with E-state index in [4.69, 9.17) is 0 Å². The normalized spacial score (nSPS) is 11.7. The van der Waals surface area contributed by atoms with Gasteiger partial charge in [0.25, 0.3) is 0 Å². The van der Waals surface area contributed by atoms with E-state index in [1.165, 1.54) is 24.8 Å². The maximum Gasteiger partial charge on any atom is 0.416 e. The second-order valence-electron chi connectivity index (χ2n) is 3.29. The molecule has 0 aliphatic heterocycles. The number of hydrogen-bond acceptors (Lipinski definition) is 2. The summed E-state index contributed by atoms with van der Waals surface area (Å²) in [7, 11) is 0. The van der Waals surface area contributed by atoms with Crippen molar-refractivity contribution in [1.29, 1.82) is 0 Å². The third-order valence-electron chi connectivity index (χ3n) is 2.09. The third kappa shape index (κ3) is 2.39. The summed E-state index contributed by atoms with van der Waals surface area (Å²) in [5.41, 5.74) is 0.105. The first-order valence-electron chi connectivity index (χ1n) is 4.54. The van der Waals surface area contributed by atoms with Crippen molar-refractivity contribution in [2.75, 3.05) is 0 Å². The lowest BCUT2D eigenvalue weighted by molar-refractivity contribution is -0.137. The molecule has 1 aromatic carbocycles. The number of hydrogen-bond donors (Lipinski definition) is 0. The average Bonchev–Trinajstić information content (AvgIpc) is 2.70. The summed E-state index contributed by atoms with van der Waals surface area (Å²) in [6.07, 6.45) is -1.40. The van der Waals surface area contributed by atoms with Gasteiger partial charge >= 0.3 is 6.18 Å². The van der Waals surface area contributed by atoms with E-state index < -0.39 is 11.7 Å². The van der Waals surface area contributed by atoms with Crippen LogP contribution in [0.15, 0.2) is 36.9 Å². The molecule has 0 aliphatic rings. The van der Waals surface area contributed by atoms with E-state index in [1.807, 2.05) is 0 Å². The van der Waals surface area contributed by atoms with Crippen LogP contribution in [0.2, 0.25) is 0 Å². The Bertz CT molecular complexity index is 445. The molecule has 2 rings (SSSR count). The molecule has 1 aromatic heterocycles. The lowest BCUT2D eigenvalue weighted by Crippen LogP contribution is -2.05. The van der Waals surface area contributed by atoms with Gasteiger partial charge in [-0.05, 0) is 17.7 Å². The second-order valence-corrected chi connectivity index (χ2v) is 3.29. The van der Waals surface area contributed by atoms with Crippen LogP contribution in [0.25, 0.3) is 0 Å². The molecule has 84 valence electrons. The summed E-state index contributed by atoms with van der Waals surface area (Å²) >= 11 is 0. The summed E-state index contributed by atoms with van der Waals surface area (Å²) in [5.74, 6) is 0. The Labute approximate surface area is 89.5 Å². The van der Waals surface area contributed by atoms with Gasteiger partial charge in [-0.15, -0.1) is 0 Å². The average molecular weight is 227 g/mol. The molecule has 2 aromatic rings. The predicted octanol–water partition coefficient (Wildman–Crippen LogP) is 2.35. The van der Waals surface area contributed by atoms with E-state index in [0.717, 1.165) is 17.7 Å². The SMILES string of the molecule is FC(F)(F)c1ccc(Cn2cncn2)cc1. The summed E-state index contributed by atoms with van der Waals surface area (Å²) in [4.78, 5) is 3.75. The van der Waals surface area contributed by atoms with E-state index in [-0.39, 0.29) is 0 Å². The number of halogens is 3. The first-order chi connectivity index (χ1) is 7.55. The smallest absolute Gasteiger partial charge is 0.249 e. The van der Waals surface area contributed by atoms with Crippen molar-refractivity contribution in [3.63, 3.8) is 0 Å². The van der Waals surface area contributed by atoms with Gasteiger partial charge in [0, 0.05) is 0 Å². The molecule has 0 unspecified atom stereocenters. The van der Waals surface area contributed by atoms with Gasteiger partial charge in [0.1, 0.15) is 12.7 Å². The minimum Gasteiger partial charge on any atom is -0.249 e. The van der Waals surface area contributed by atoms with Crippen LogP contribution in [0.1, 0.15) is 11.1 Å². The maximum absolute atomic E-state index is 12.3. The Balaban J connectivity index is 2.14. The van der Waals surface area contributed by atoms with Crippen LogP contribution >= 0.6 is 0 Å². The van der Waals surface area contributed by atoms with Crippen molar-refractivity contribution in [1.82, 2.24) is 14.8 Å². The Hall–Kier alpha value is -1.85. The molecule has 0 aliphatic carbocycles. The number of rotatable bonds is 2. The van der Waals surface area contributed by atoms with Crippen LogP contribution in [0.3, 0.4) is 0 Å². The standard InChI is InChI=1S/C10H8F3N3/c11-10(12,13)9-3-1-8(2-4-9)5-16-7-14-6-15-16/h1-4,6-7H,5H2. The fourth-order valence-corrected chi connectivity index (χ4v) is 1.30. The highest BCUT2D eigenvalue weighted by Gasteiger charge is 2.29. The quantitative estimate of drug-likeness (QED) is 0.788. The van der Waals surface area contributed by atoms with Gasteiger partial charge in [-0.1, -0.05) is 12.1 Å². The van der Waals surface area contributed by atoms with Gasteiger partial charge in [0.05, 0.1) is 12.1 Å². The first-order valence-corrected chi connectivity index (χ1v) is 4.54. The van der Waals surface area contributed by atoms with Gasteiger partial charge in [-0.25, -0.2) is 9.67 Å². The van der Waals surface area contributed by atoms with E-state index in [0.29, 0.717) is 6.54 Å². The van der Waals surface area contributed by atoms with Crippen molar-refractivity contribution in [3.05, 3.63) is 48.0 Å². The van der Waals surface area contributed by atoms with Crippen molar-refractivity contribution >= 4 is 0 Å². The molecule has 0 saturated heterocycles. The Kier molecular flexibility index (Phi) is 2.64. The van der Waals surface area contributed by atoms with E-state index in [2.05, 4.69) is 10.1 Å². The lowest BCUT2D eigenvalue weighted by Gasteiger charge is -2.07. The maximum atomic E-state index is 12.3. The summed E-state index contributed by atoms with van der Waals surface area (Å²) in [5, 5.41) is 3.87. The van der Waals surface area contributed by atoms with Crippen molar-refractivity contribution in [3.8, 4) is 0 Å². The van der Waals surface area contributed by atoms with Gasteiger partial charge in [0.15, 0.2) is 0 Å². The highest BCUT2D eigenvalue weighted by molar-refractivity contribution is 5.24. The highest BCUT2D eigenvalue weighted by Crippen LogP contribution is 2.29. The molecular weight excluding hydrogens is 219 g/mol. The third-order valence-corrected chi connectivity index (χ3v) is 2.09. The van der Waals surface area contributed by atoms with Crippen molar-refractivity contribution < 1.29 is 13.2 Å². The Morgan fingerprint density at radius 3 is 2.31 bits per heavy atom. The first kappa shape index (κ1) is 10.7. The van der Waals surface area contributed by atoms with Crippen molar-refractivity contribution in [2.45, 2.75) is 12.7 Å². The van der Waals surface area contributed by atoms with E-state index in [9.17, 15) is 13.2 Å². The molecule has 0 saturated carbocycles. The topological polar surface area (TPSA) is 30.7 Å². The molecular formula is C10H8F3N3. The molecule has 0 radical (unpaired) electrons. The van der Waals surface area contributed by atoms with Crippen LogP contribution < -0.4 is 0 Å². The molecule has 0 amide bonds. The van der Waals surface area contributed by atoms with E-state index >= 15 is 0 Å². The summed E-state index contributed by atoms with van der Waals surface area (Å²) < 4.78 is 38.4. The van der Waals surface area contributed by atoms with Crippen LogP contribution in [0, 0.1) is 0 Å². The zero-order valence-electron chi connectivity index (χ0n) is 8.15. The fraction of sp³-hybridized carbons (Fsp3) is 0.200. The predicted molar refractivity (Wildman–Crippen MR) is 50.6 cm³/mol. The Morgan fingerprint density at radius 1 is 1.12 bits per heavy atom. The zero-order chi connectivity index (χ0) is 11.6. The number of alkyl halides is 3. The molecule has 1 heterocycles. The van der Waals surface area contributed by atoms with Crippen LogP contribution in [0.4, 0.5) is 13.2 Å². The number of nitrogens with zero attached hydrogens (tertiary/aromatic N) is 3. The largest absolute Gasteiger partial charge is 0.416 e. The Morgan fingerprint density at radius 2 is 1.81 bits per heavy atom. The summed E-state index contributed by atoms with van der Waals surface area (Å²) in [6, 6.07) is 4.99. The monoisotopic (exact) mass is 227 g/mol. The van der Waals surface area contributed by atoms with Gasteiger partial charge < -0.3 is 0 Å². The molecule has 0 spiro atoms. The lowest BCUT2D eigenvalue weighted by atomic mass is 10.1. The fourth-order valence-electron chi connectivity index (χ4n) is 1.30. The molecule has 0 N–H and O–H groups in total. The number of aromatic nitrogens is 3. The second kappa shape index (κ2) is 3.96. The van der Waals surface area contributed by atoms with Crippen LogP contribution in [-0.2, 0) is 12.7 Å². The van der Waals surface area contributed by atoms with E-state index in [1.54, 1.807) is 4.68 Å². The van der Waals surface area contributed by atoms with Crippen molar-refractivity contribution in [2.24, 2.45) is 0 Å². The van der Waals surface area contributed by atoms with Gasteiger partial charge in [0.2, 0.25) is 0 Å². The molecule has 0 atom stereocenters. The molecule has 0 fully saturated rings. The molecule has 6 heteroatoms. The van der Waals surface area contributed by atoms with Gasteiger partial charge in [-0.3, -0.25) is 0 Å². The van der Waals surface area contributed by atoms with Crippen LogP contribution in [0.5, 0.6) is 0 Å². The van der Waals surface area contributed by atoms with Crippen LogP contribution in [-0.4, -0.2) is 14.8 Å². The number of benzene rings is 1. The highest BCUT2D eigenvalue weighted by atomic mass is 19.4. The molecule has 16 heavy (non-hydrogen) atoms. The molecule has 0 bridgehead atoms. The zero-order valence-corrected chi connectivity index (χ0v) is 8.15. The minimum atomic E-state index is -4.29. The molecule has 3 nitrogen and oxygen atoms in total.